The summed E-state index contributed by atoms with van der Waals surface area (Å²) in [4.78, 5) is 0. The predicted molar refractivity (Wildman–Crippen MR) is 71.2 cm³/mol. The van der Waals surface area contributed by atoms with E-state index in [0.29, 0.717) is 0 Å². The number of benzene rings is 1. The quantitative estimate of drug-likeness (QED) is 0.790. The van der Waals surface area contributed by atoms with Gasteiger partial charge in [0.15, 0.2) is 0 Å². The molecule has 0 aliphatic carbocycles. The van der Waals surface area contributed by atoms with Crippen LogP contribution in [0.2, 0.25) is 0 Å². The minimum absolute atomic E-state index is 0.778. The van der Waals surface area contributed by atoms with Crippen molar-refractivity contribution < 1.29 is 4.74 Å². The SMILES string of the molecule is Cc1cccc(C)c1CNCCC1CCOC1. The van der Waals surface area contributed by atoms with Crippen LogP contribution in [0.4, 0.5) is 0 Å². The lowest BCUT2D eigenvalue weighted by atomic mass is 10.0. The molecule has 2 nitrogen and oxygen atoms in total. The number of hydrogen-bond donors (Lipinski definition) is 1. The Morgan fingerprint density at radius 1 is 1.29 bits per heavy atom. The van der Waals surface area contributed by atoms with Gasteiger partial charge in [-0.15, -0.1) is 0 Å². The molecule has 0 aromatic heterocycles. The molecule has 0 radical (unpaired) electrons. The van der Waals surface area contributed by atoms with Crippen molar-refractivity contribution in [3.8, 4) is 0 Å². The van der Waals surface area contributed by atoms with Crippen molar-refractivity contribution in [2.24, 2.45) is 5.92 Å². The van der Waals surface area contributed by atoms with Gasteiger partial charge in [-0.1, -0.05) is 18.2 Å². The van der Waals surface area contributed by atoms with Crippen LogP contribution in [0.1, 0.15) is 29.5 Å². The fourth-order valence-electron chi connectivity index (χ4n) is 2.46. The van der Waals surface area contributed by atoms with E-state index in [1.54, 1.807) is 0 Å². The van der Waals surface area contributed by atoms with E-state index in [1.165, 1.54) is 29.5 Å². The number of hydrogen-bond acceptors (Lipinski definition) is 2. The van der Waals surface area contributed by atoms with E-state index in [2.05, 4.69) is 37.4 Å². The summed E-state index contributed by atoms with van der Waals surface area (Å²) in [5.74, 6) is 0.778. The number of aryl methyl sites for hydroxylation is 2. The maximum atomic E-state index is 5.38. The summed E-state index contributed by atoms with van der Waals surface area (Å²) in [6.45, 7) is 8.39. The molecule has 1 saturated heterocycles. The molecule has 0 saturated carbocycles. The maximum absolute atomic E-state index is 5.38. The molecule has 1 heterocycles. The molecule has 1 aliphatic rings. The summed E-state index contributed by atoms with van der Waals surface area (Å²) in [7, 11) is 0. The second-order valence-electron chi connectivity index (χ2n) is 5.07. The Morgan fingerprint density at radius 2 is 2.06 bits per heavy atom. The van der Waals surface area contributed by atoms with E-state index in [-0.39, 0.29) is 0 Å². The van der Waals surface area contributed by atoms with Crippen LogP contribution >= 0.6 is 0 Å². The molecule has 1 aliphatic heterocycles. The lowest BCUT2D eigenvalue weighted by Crippen LogP contribution is -2.19. The molecule has 1 unspecified atom stereocenters. The molecule has 2 rings (SSSR count). The normalized spacial score (nSPS) is 19.8. The Balaban J connectivity index is 1.74. The summed E-state index contributed by atoms with van der Waals surface area (Å²) >= 11 is 0. The largest absolute Gasteiger partial charge is 0.381 e. The minimum Gasteiger partial charge on any atom is -0.381 e. The van der Waals surface area contributed by atoms with Crippen LogP contribution in [-0.2, 0) is 11.3 Å². The van der Waals surface area contributed by atoms with Crippen molar-refractivity contribution in [3.05, 3.63) is 34.9 Å². The van der Waals surface area contributed by atoms with E-state index in [4.69, 9.17) is 4.74 Å². The Kier molecular flexibility index (Phi) is 4.57. The van der Waals surface area contributed by atoms with E-state index in [1.807, 2.05) is 0 Å². The minimum atomic E-state index is 0.778. The van der Waals surface area contributed by atoms with Gasteiger partial charge in [0.05, 0.1) is 0 Å². The Bertz CT molecular complexity index is 336. The highest BCUT2D eigenvalue weighted by Crippen LogP contribution is 2.16. The molecule has 1 aromatic carbocycles. The second kappa shape index (κ2) is 6.18. The highest BCUT2D eigenvalue weighted by molar-refractivity contribution is 5.33. The van der Waals surface area contributed by atoms with Crippen molar-refractivity contribution in [3.63, 3.8) is 0 Å². The summed E-state index contributed by atoms with van der Waals surface area (Å²) in [5, 5.41) is 3.55. The number of nitrogens with one attached hydrogen (secondary N) is 1. The van der Waals surface area contributed by atoms with E-state index in [0.717, 1.165) is 32.2 Å². The smallest absolute Gasteiger partial charge is 0.0495 e. The van der Waals surface area contributed by atoms with Gasteiger partial charge in [0.25, 0.3) is 0 Å². The Labute approximate surface area is 104 Å². The third-order valence-electron chi connectivity index (χ3n) is 3.70. The second-order valence-corrected chi connectivity index (χ2v) is 5.07. The molecule has 1 N–H and O–H groups in total. The van der Waals surface area contributed by atoms with Crippen molar-refractivity contribution >= 4 is 0 Å². The number of rotatable bonds is 5. The summed E-state index contributed by atoms with van der Waals surface area (Å²) in [6, 6.07) is 6.51. The van der Waals surface area contributed by atoms with Crippen LogP contribution in [-0.4, -0.2) is 19.8 Å². The van der Waals surface area contributed by atoms with Gasteiger partial charge < -0.3 is 10.1 Å². The van der Waals surface area contributed by atoms with E-state index < -0.39 is 0 Å². The van der Waals surface area contributed by atoms with Gasteiger partial charge in [0, 0.05) is 19.8 Å². The topological polar surface area (TPSA) is 21.3 Å². The molecule has 94 valence electrons. The molecule has 1 aromatic rings. The summed E-state index contributed by atoms with van der Waals surface area (Å²) < 4.78 is 5.38. The third kappa shape index (κ3) is 3.55. The first kappa shape index (κ1) is 12.6. The molecule has 0 amide bonds. The first-order valence-corrected chi connectivity index (χ1v) is 6.61. The van der Waals surface area contributed by atoms with Gasteiger partial charge in [-0.3, -0.25) is 0 Å². The molecule has 17 heavy (non-hydrogen) atoms. The molecular weight excluding hydrogens is 210 g/mol. The molecule has 1 fully saturated rings. The average molecular weight is 233 g/mol. The van der Waals surface area contributed by atoms with Crippen molar-refractivity contribution in [2.45, 2.75) is 33.2 Å². The van der Waals surface area contributed by atoms with Crippen molar-refractivity contribution in [1.82, 2.24) is 5.32 Å². The zero-order valence-electron chi connectivity index (χ0n) is 11.0. The zero-order chi connectivity index (χ0) is 12.1. The third-order valence-corrected chi connectivity index (χ3v) is 3.70. The molecule has 0 bridgehead atoms. The fraction of sp³-hybridized carbons (Fsp3) is 0.600. The molecule has 1 atom stereocenters. The Morgan fingerprint density at radius 3 is 2.71 bits per heavy atom. The van der Waals surface area contributed by atoms with Gasteiger partial charge in [0.1, 0.15) is 0 Å². The van der Waals surface area contributed by atoms with Gasteiger partial charge in [0.2, 0.25) is 0 Å². The van der Waals surface area contributed by atoms with E-state index >= 15 is 0 Å². The van der Waals surface area contributed by atoms with Gasteiger partial charge in [-0.25, -0.2) is 0 Å². The van der Waals surface area contributed by atoms with Gasteiger partial charge in [-0.2, -0.15) is 0 Å². The predicted octanol–water partition coefficient (Wildman–Crippen LogP) is 2.82. The fourth-order valence-corrected chi connectivity index (χ4v) is 2.46. The van der Waals surface area contributed by atoms with Crippen LogP contribution in [0.15, 0.2) is 18.2 Å². The van der Waals surface area contributed by atoms with Gasteiger partial charge in [-0.05, 0) is 55.8 Å². The van der Waals surface area contributed by atoms with Crippen LogP contribution in [0.25, 0.3) is 0 Å². The average Bonchev–Trinajstić information content (AvgIpc) is 2.80. The lowest BCUT2D eigenvalue weighted by Gasteiger charge is -2.12. The molecule has 0 spiro atoms. The first-order valence-electron chi connectivity index (χ1n) is 6.61. The monoisotopic (exact) mass is 233 g/mol. The van der Waals surface area contributed by atoms with E-state index in [9.17, 15) is 0 Å². The zero-order valence-corrected chi connectivity index (χ0v) is 11.0. The van der Waals surface area contributed by atoms with Crippen LogP contribution < -0.4 is 5.32 Å². The van der Waals surface area contributed by atoms with Crippen LogP contribution in [0.3, 0.4) is 0 Å². The van der Waals surface area contributed by atoms with Gasteiger partial charge >= 0.3 is 0 Å². The lowest BCUT2D eigenvalue weighted by molar-refractivity contribution is 0.184. The van der Waals surface area contributed by atoms with Crippen LogP contribution in [0, 0.1) is 19.8 Å². The van der Waals surface area contributed by atoms with Crippen molar-refractivity contribution in [2.75, 3.05) is 19.8 Å². The molecular formula is C15H23NO. The summed E-state index contributed by atoms with van der Waals surface area (Å²) in [6.07, 6.45) is 2.48. The molecule has 2 heteroatoms. The standard InChI is InChI=1S/C15H23NO/c1-12-4-3-5-13(2)15(12)10-16-8-6-14-7-9-17-11-14/h3-5,14,16H,6-11H2,1-2H3. The highest BCUT2D eigenvalue weighted by Gasteiger charge is 2.14. The van der Waals surface area contributed by atoms with Crippen molar-refractivity contribution in [1.29, 1.82) is 0 Å². The number of ether oxygens (including phenoxy) is 1. The Hall–Kier alpha value is -0.860. The van der Waals surface area contributed by atoms with Crippen LogP contribution in [0.5, 0.6) is 0 Å². The maximum Gasteiger partial charge on any atom is 0.0495 e. The first-order chi connectivity index (χ1) is 8.27. The highest BCUT2D eigenvalue weighted by atomic mass is 16.5. The summed E-state index contributed by atoms with van der Waals surface area (Å²) in [5.41, 5.74) is 4.23.